The lowest BCUT2D eigenvalue weighted by Gasteiger charge is -2.19. The van der Waals surface area contributed by atoms with Gasteiger partial charge in [0.25, 0.3) is 0 Å². The van der Waals surface area contributed by atoms with Gasteiger partial charge in [0, 0.05) is 29.8 Å². The normalized spacial score (nSPS) is 25.7. The summed E-state index contributed by atoms with van der Waals surface area (Å²) in [6, 6.07) is 7.79. The number of fused-ring (bicyclic) bond motifs is 4. The van der Waals surface area contributed by atoms with Crippen molar-refractivity contribution in [3.63, 3.8) is 0 Å². The number of urea groups is 1. The van der Waals surface area contributed by atoms with Crippen molar-refractivity contribution in [3.05, 3.63) is 41.6 Å². The van der Waals surface area contributed by atoms with Gasteiger partial charge in [-0.1, -0.05) is 0 Å². The van der Waals surface area contributed by atoms with Crippen molar-refractivity contribution in [1.29, 1.82) is 0 Å². The van der Waals surface area contributed by atoms with Gasteiger partial charge in [-0.2, -0.15) is 0 Å². The molecule has 3 atom stereocenters. The summed E-state index contributed by atoms with van der Waals surface area (Å²) in [5.74, 6) is 2.93. The Kier molecular flexibility index (Phi) is 3.50. The van der Waals surface area contributed by atoms with E-state index in [1.54, 1.807) is 6.20 Å². The summed E-state index contributed by atoms with van der Waals surface area (Å²) in [7, 11) is 0. The topological polar surface area (TPSA) is 102 Å². The molecule has 6 rings (SSSR count). The first-order valence-corrected chi connectivity index (χ1v) is 9.99. The summed E-state index contributed by atoms with van der Waals surface area (Å²) in [6.45, 7) is 0. The van der Waals surface area contributed by atoms with E-state index in [4.69, 9.17) is 9.47 Å². The van der Waals surface area contributed by atoms with Gasteiger partial charge in [0.1, 0.15) is 29.2 Å². The molecular formula is C21H20N4O4. The quantitative estimate of drug-likeness (QED) is 0.742. The Morgan fingerprint density at radius 3 is 2.97 bits per heavy atom. The average molecular weight is 392 g/mol. The molecular weight excluding hydrogens is 372 g/mol. The minimum Gasteiger partial charge on any atom is -0.487 e. The van der Waals surface area contributed by atoms with Gasteiger partial charge in [0.05, 0.1) is 12.0 Å². The minimum atomic E-state index is -0.116. The van der Waals surface area contributed by atoms with Gasteiger partial charge in [0.2, 0.25) is 5.91 Å². The van der Waals surface area contributed by atoms with Crippen LogP contribution >= 0.6 is 0 Å². The highest BCUT2D eigenvalue weighted by atomic mass is 16.5. The molecule has 0 spiro atoms. The van der Waals surface area contributed by atoms with Crippen LogP contribution in [0.4, 0.5) is 10.6 Å². The van der Waals surface area contributed by atoms with Gasteiger partial charge in [-0.15, -0.1) is 0 Å². The first-order chi connectivity index (χ1) is 14.2. The van der Waals surface area contributed by atoms with Crippen molar-refractivity contribution < 1.29 is 19.1 Å². The fraction of sp³-hybridized carbons (Fsp3) is 0.381. The Labute approximate surface area is 167 Å². The van der Waals surface area contributed by atoms with Crippen molar-refractivity contribution in [1.82, 2.24) is 15.6 Å². The Morgan fingerprint density at radius 1 is 1.21 bits per heavy atom. The van der Waals surface area contributed by atoms with Gasteiger partial charge < -0.3 is 25.4 Å². The molecule has 3 N–H and O–H groups in total. The number of hydrogen-bond acceptors (Lipinski definition) is 5. The zero-order valence-corrected chi connectivity index (χ0v) is 15.6. The van der Waals surface area contributed by atoms with E-state index in [-0.39, 0.29) is 30.0 Å². The van der Waals surface area contributed by atoms with E-state index in [9.17, 15) is 9.59 Å². The van der Waals surface area contributed by atoms with Crippen molar-refractivity contribution in [2.24, 2.45) is 0 Å². The molecule has 3 amide bonds. The molecule has 4 aliphatic rings. The number of carbonyl (C=O) groups is 2. The minimum absolute atomic E-state index is 0.000368. The fourth-order valence-electron chi connectivity index (χ4n) is 4.16. The van der Waals surface area contributed by atoms with Crippen LogP contribution in [0.1, 0.15) is 36.3 Å². The Hall–Kier alpha value is -3.29. The van der Waals surface area contributed by atoms with Crippen LogP contribution in [0.3, 0.4) is 0 Å². The smallest absolute Gasteiger partial charge is 0.315 e. The Morgan fingerprint density at radius 2 is 2.10 bits per heavy atom. The van der Waals surface area contributed by atoms with Crippen molar-refractivity contribution in [2.75, 3.05) is 5.32 Å². The molecule has 1 aromatic heterocycles. The summed E-state index contributed by atoms with van der Waals surface area (Å²) < 4.78 is 12.1. The summed E-state index contributed by atoms with van der Waals surface area (Å²) in [4.78, 5) is 27.8. The molecule has 0 radical (unpaired) electrons. The van der Waals surface area contributed by atoms with Crippen LogP contribution in [0.15, 0.2) is 30.5 Å². The maximum absolute atomic E-state index is 12.0. The molecule has 8 nitrogen and oxygen atoms in total. The lowest BCUT2D eigenvalue weighted by Crippen LogP contribution is -2.40. The average Bonchev–Trinajstić information content (AvgIpc) is 3.60. The van der Waals surface area contributed by atoms with Gasteiger partial charge in [-0.25, -0.2) is 9.78 Å². The van der Waals surface area contributed by atoms with E-state index in [2.05, 4.69) is 20.9 Å². The largest absolute Gasteiger partial charge is 0.487 e. The molecule has 0 saturated heterocycles. The zero-order chi connectivity index (χ0) is 19.5. The number of benzene rings is 1. The van der Waals surface area contributed by atoms with Crippen molar-refractivity contribution >= 4 is 17.8 Å². The van der Waals surface area contributed by atoms with E-state index in [0.29, 0.717) is 36.2 Å². The van der Waals surface area contributed by atoms with E-state index in [1.807, 2.05) is 24.3 Å². The van der Waals surface area contributed by atoms with Crippen LogP contribution in [0.25, 0.3) is 0 Å². The summed E-state index contributed by atoms with van der Waals surface area (Å²) in [6.07, 6.45) is 4.78. The third-order valence-corrected chi connectivity index (χ3v) is 5.87. The van der Waals surface area contributed by atoms with Gasteiger partial charge in [-0.3, -0.25) is 4.79 Å². The fourth-order valence-corrected chi connectivity index (χ4v) is 4.16. The number of hydrogen-bond donors (Lipinski definition) is 3. The predicted octanol–water partition coefficient (Wildman–Crippen LogP) is 2.45. The third-order valence-electron chi connectivity index (χ3n) is 5.87. The van der Waals surface area contributed by atoms with Crippen LogP contribution in [-0.4, -0.2) is 35.1 Å². The van der Waals surface area contributed by atoms with Crippen LogP contribution in [0.5, 0.6) is 17.2 Å². The molecule has 0 unspecified atom stereocenters. The second-order valence-electron chi connectivity index (χ2n) is 8.01. The first-order valence-electron chi connectivity index (χ1n) is 9.99. The molecule has 2 saturated carbocycles. The lowest BCUT2D eigenvalue weighted by molar-refractivity contribution is -0.116. The molecule has 0 bridgehead atoms. The molecule has 148 valence electrons. The van der Waals surface area contributed by atoms with Crippen LogP contribution in [0, 0.1) is 0 Å². The molecule has 2 aliphatic heterocycles. The molecule has 1 aromatic carbocycles. The van der Waals surface area contributed by atoms with Gasteiger partial charge >= 0.3 is 6.03 Å². The molecule has 2 fully saturated rings. The number of nitrogens with one attached hydrogen (secondary N) is 3. The molecule has 8 heteroatoms. The number of pyridine rings is 1. The lowest BCUT2D eigenvalue weighted by atomic mass is 10.1. The van der Waals surface area contributed by atoms with Crippen LogP contribution in [0.2, 0.25) is 0 Å². The summed E-state index contributed by atoms with van der Waals surface area (Å²) in [5, 5.41) is 8.75. The second kappa shape index (κ2) is 6.10. The molecule has 2 aliphatic carbocycles. The number of nitrogens with zero attached hydrogens (tertiary/aromatic N) is 1. The molecule has 29 heavy (non-hydrogen) atoms. The van der Waals surface area contributed by atoms with E-state index >= 15 is 0 Å². The van der Waals surface area contributed by atoms with E-state index in [1.165, 1.54) is 0 Å². The SMILES string of the molecule is O=C1CCc2c(Oc3ccc4c(c3)[C@H]3[C@@H](NC(=O)NC5CC5)[C@H]3O4)ccnc2N1. The number of anilines is 1. The van der Waals surface area contributed by atoms with E-state index < -0.39 is 0 Å². The standard InChI is InChI=1S/C21H20N4O4/c26-16-6-4-12-15(7-8-22-20(12)24-16)28-11-3-5-14-13(9-11)17-18(19(17)29-14)25-21(27)23-10-1-2-10/h3,5,7-10,17-19H,1-2,4,6H2,(H,22,24,26)(H2,23,25,27)/t17-,18+,19-/m0/s1. The maximum atomic E-state index is 12.0. The maximum Gasteiger partial charge on any atom is 0.315 e. The highest BCUT2D eigenvalue weighted by Crippen LogP contribution is 2.54. The molecule has 2 aromatic rings. The Bertz CT molecular complexity index is 1040. The number of ether oxygens (including phenoxy) is 2. The monoisotopic (exact) mass is 392 g/mol. The Balaban J connectivity index is 1.19. The zero-order valence-electron chi connectivity index (χ0n) is 15.6. The second-order valence-corrected chi connectivity index (χ2v) is 8.01. The summed E-state index contributed by atoms with van der Waals surface area (Å²) in [5.41, 5.74) is 1.96. The van der Waals surface area contributed by atoms with Crippen LogP contribution in [-0.2, 0) is 11.2 Å². The van der Waals surface area contributed by atoms with Crippen molar-refractivity contribution in [2.45, 2.75) is 49.8 Å². The number of rotatable bonds is 4. The molecule has 3 heterocycles. The number of amides is 3. The van der Waals surface area contributed by atoms with Gasteiger partial charge in [-0.05, 0) is 43.5 Å². The number of aromatic nitrogens is 1. The highest BCUT2D eigenvalue weighted by molar-refractivity contribution is 5.93. The van der Waals surface area contributed by atoms with E-state index in [0.717, 1.165) is 29.7 Å². The van der Waals surface area contributed by atoms with Gasteiger partial charge in [0.15, 0.2) is 0 Å². The first kappa shape index (κ1) is 16.6. The number of carbonyl (C=O) groups excluding carboxylic acids is 2. The summed E-state index contributed by atoms with van der Waals surface area (Å²) >= 11 is 0. The van der Waals surface area contributed by atoms with Crippen LogP contribution < -0.4 is 25.4 Å². The predicted molar refractivity (Wildman–Crippen MR) is 103 cm³/mol. The third kappa shape index (κ3) is 2.95. The van der Waals surface area contributed by atoms with Crippen molar-refractivity contribution in [3.8, 4) is 17.2 Å². The highest BCUT2D eigenvalue weighted by Gasteiger charge is 2.59.